The fourth-order valence-electron chi connectivity index (χ4n) is 6.85. The van der Waals surface area contributed by atoms with Crippen LogP contribution in [-0.4, -0.2) is 42.1 Å². The number of para-hydroxylation sites is 1. The van der Waals surface area contributed by atoms with Gasteiger partial charge in [0, 0.05) is 46.2 Å². The second kappa shape index (κ2) is 14.6. The second-order valence-electron chi connectivity index (χ2n) is 13.3. The van der Waals surface area contributed by atoms with Crippen LogP contribution in [0, 0.1) is 6.92 Å². The third-order valence-corrected chi connectivity index (χ3v) is 9.64. The molecule has 264 valence electrons. The molecule has 5 heterocycles. The molecule has 0 amide bonds. The highest BCUT2D eigenvalue weighted by Crippen LogP contribution is 2.37. The molecule has 9 nitrogen and oxygen atoms in total. The molecular formula is C45H34N4O5. The molecule has 3 aromatic carbocycles. The van der Waals surface area contributed by atoms with Crippen molar-refractivity contribution in [3.8, 4) is 33.5 Å². The number of hydrogen-bond donors (Lipinski definition) is 2. The van der Waals surface area contributed by atoms with E-state index in [1.165, 1.54) is 12.1 Å². The van der Waals surface area contributed by atoms with Gasteiger partial charge in [0.1, 0.15) is 17.0 Å². The summed E-state index contributed by atoms with van der Waals surface area (Å²) < 4.78 is 6.25. The lowest BCUT2D eigenvalue weighted by molar-refractivity contribution is 0.0680. The highest BCUT2D eigenvalue weighted by molar-refractivity contribution is 6.08. The molecule has 9 heteroatoms. The van der Waals surface area contributed by atoms with Crippen molar-refractivity contribution in [2.24, 2.45) is 0 Å². The molecule has 0 unspecified atom stereocenters. The quantitative estimate of drug-likeness (QED) is 0.134. The molecule has 54 heavy (non-hydrogen) atoms. The average Bonchev–Trinajstić information content (AvgIpc) is 3.57. The van der Waals surface area contributed by atoms with Crippen LogP contribution < -0.4 is 0 Å². The first-order valence-electron chi connectivity index (χ1n) is 17.6. The zero-order chi connectivity index (χ0) is 37.2. The minimum atomic E-state index is -1.05. The number of benzene rings is 3. The molecule has 0 aliphatic heterocycles. The highest BCUT2D eigenvalue weighted by Gasteiger charge is 2.16. The summed E-state index contributed by atoms with van der Waals surface area (Å²) in [5.74, 6) is -2.10. The van der Waals surface area contributed by atoms with E-state index in [2.05, 4.69) is 51.4 Å². The average molecular weight is 711 g/mol. The number of carbonyl (C=O) groups is 2. The molecule has 0 bridgehead atoms. The third-order valence-electron chi connectivity index (χ3n) is 9.64. The number of rotatable bonds is 11. The summed E-state index contributed by atoms with van der Waals surface area (Å²) in [5.41, 5.74) is 12.4. The maximum atomic E-state index is 11.3. The number of aromatic carboxylic acids is 2. The maximum absolute atomic E-state index is 11.3. The van der Waals surface area contributed by atoms with E-state index in [4.69, 9.17) is 9.40 Å². The number of carboxylic acid groups (broad SMARTS) is 2. The third kappa shape index (κ3) is 7.07. The predicted octanol–water partition coefficient (Wildman–Crippen LogP) is 9.44. The van der Waals surface area contributed by atoms with Crippen LogP contribution in [0.4, 0.5) is 0 Å². The van der Waals surface area contributed by atoms with Gasteiger partial charge in [-0.1, -0.05) is 72.8 Å². The smallest absolute Gasteiger partial charge is 0.354 e. The molecule has 0 fully saturated rings. The Morgan fingerprint density at radius 1 is 0.556 bits per heavy atom. The molecule has 0 atom stereocenters. The molecule has 0 aliphatic rings. The Balaban J connectivity index is 1.12. The van der Waals surface area contributed by atoms with E-state index in [1.54, 1.807) is 12.4 Å². The van der Waals surface area contributed by atoms with E-state index >= 15 is 0 Å². The number of carboxylic acids is 2. The Hall–Kier alpha value is -7.00. The van der Waals surface area contributed by atoms with Crippen LogP contribution in [0.15, 0.2) is 132 Å². The summed E-state index contributed by atoms with van der Waals surface area (Å²) >= 11 is 0. The van der Waals surface area contributed by atoms with Gasteiger partial charge in [0.2, 0.25) is 5.71 Å². The van der Waals surface area contributed by atoms with Crippen LogP contribution >= 0.6 is 0 Å². The number of aromatic nitrogens is 4. The minimum absolute atomic E-state index is 0.0204. The lowest BCUT2D eigenvalue weighted by atomic mass is 9.90. The van der Waals surface area contributed by atoms with Crippen molar-refractivity contribution in [2.45, 2.75) is 32.6 Å². The summed E-state index contributed by atoms with van der Waals surface area (Å²) in [6, 6.07) is 35.9. The largest absolute Gasteiger partial charge is 0.477 e. The van der Waals surface area contributed by atoms with Crippen LogP contribution in [0.5, 0.6) is 0 Å². The first kappa shape index (κ1) is 34.1. The molecule has 2 N–H and O–H groups in total. The molecule has 0 radical (unpaired) electrons. The summed E-state index contributed by atoms with van der Waals surface area (Å²) in [4.78, 5) is 40.3. The topological polar surface area (TPSA) is 139 Å². The first-order chi connectivity index (χ1) is 26.3. The van der Waals surface area contributed by atoms with Gasteiger partial charge in [-0.2, -0.15) is 0 Å². The number of pyridine rings is 4. The van der Waals surface area contributed by atoms with Crippen molar-refractivity contribution in [1.82, 2.24) is 19.9 Å². The number of nitrogens with zero attached hydrogens (tertiary/aromatic N) is 4. The zero-order valence-electron chi connectivity index (χ0n) is 29.4. The van der Waals surface area contributed by atoms with Crippen LogP contribution in [-0.2, 0) is 25.7 Å². The molecule has 8 aromatic rings. The Kier molecular flexibility index (Phi) is 9.19. The molecule has 0 spiro atoms. The van der Waals surface area contributed by atoms with E-state index in [0.29, 0.717) is 18.6 Å². The standard InChI is InChI=1S/C45H34N4O5/c1-27-9-17-37-36-7-4-8-38(42(36)54-43(37)49-27)39-20-16-32(26-48-39)34-5-2-3-6-35(34)33-22-30(12-10-28-14-18-40(44(50)51)46-24-28)21-31(23-33)13-11-29-15-19-41(45(52)53)47-25-29/h2-9,14-26H,10-13H2,1H3,(H,50,51)(H,52,53). The highest BCUT2D eigenvalue weighted by atomic mass is 16.4. The lowest BCUT2D eigenvalue weighted by Gasteiger charge is -2.15. The first-order valence-corrected chi connectivity index (χ1v) is 17.6. The van der Waals surface area contributed by atoms with E-state index in [0.717, 1.165) is 90.7 Å². The van der Waals surface area contributed by atoms with Crippen LogP contribution in [0.2, 0.25) is 0 Å². The van der Waals surface area contributed by atoms with Crippen molar-refractivity contribution >= 4 is 34.0 Å². The van der Waals surface area contributed by atoms with E-state index in [9.17, 15) is 19.8 Å². The molecule has 0 saturated carbocycles. The molecular weight excluding hydrogens is 677 g/mol. The number of furan rings is 1. The van der Waals surface area contributed by atoms with E-state index < -0.39 is 11.9 Å². The Morgan fingerprint density at radius 2 is 1.17 bits per heavy atom. The summed E-state index contributed by atoms with van der Waals surface area (Å²) in [5, 5.41) is 20.5. The molecule has 0 saturated heterocycles. The minimum Gasteiger partial charge on any atom is -0.477 e. The van der Waals surface area contributed by atoms with Gasteiger partial charge in [-0.3, -0.25) is 4.98 Å². The van der Waals surface area contributed by atoms with Gasteiger partial charge in [-0.05, 0) is 108 Å². The molecule has 8 rings (SSSR count). The van der Waals surface area contributed by atoms with Crippen molar-refractivity contribution < 1.29 is 24.2 Å². The summed E-state index contributed by atoms with van der Waals surface area (Å²) in [7, 11) is 0. The SMILES string of the molecule is Cc1ccc2c(n1)oc1c(-c3ccc(-c4ccccc4-c4cc(CCc5ccc(C(=O)O)nc5)cc(CCc5ccc(C(=O)O)nc5)c4)cn3)cccc12. The van der Waals surface area contributed by atoms with Gasteiger partial charge in [0.05, 0.1) is 5.69 Å². The Morgan fingerprint density at radius 3 is 1.74 bits per heavy atom. The Bertz CT molecular complexity index is 2590. The normalized spacial score (nSPS) is 11.3. The van der Waals surface area contributed by atoms with Crippen LogP contribution in [0.3, 0.4) is 0 Å². The van der Waals surface area contributed by atoms with Gasteiger partial charge in [0.25, 0.3) is 0 Å². The monoisotopic (exact) mass is 710 g/mol. The second-order valence-corrected chi connectivity index (χ2v) is 13.3. The Labute approximate surface area is 310 Å². The van der Waals surface area contributed by atoms with Gasteiger partial charge < -0.3 is 14.6 Å². The number of aryl methyl sites for hydroxylation is 5. The van der Waals surface area contributed by atoms with Crippen molar-refractivity contribution in [2.75, 3.05) is 0 Å². The number of hydrogen-bond acceptors (Lipinski definition) is 7. The molecule has 0 aliphatic carbocycles. The van der Waals surface area contributed by atoms with Crippen LogP contribution in [0.1, 0.15) is 48.9 Å². The summed E-state index contributed by atoms with van der Waals surface area (Å²) in [6.45, 7) is 1.95. The lowest BCUT2D eigenvalue weighted by Crippen LogP contribution is -2.02. The maximum Gasteiger partial charge on any atom is 0.354 e. The van der Waals surface area contributed by atoms with Crippen LogP contribution in [0.25, 0.3) is 55.6 Å². The number of fused-ring (bicyclic) bond motifs is 3. The fraction of sp³-hybridized carbons (Fsp3) is 0.111. The van der Waals surface area contributed by atoms with Gasteiger partial charge in [-0.15, -0.1) is 0 Å². The van der Waals surface area contributed by atoms with E-state index in [-0.39, 0.29) is 11.4 Å². The summed E-state index contributed by atoms with van der Waals surface area (Å²) in [6.07, 6.45) is 7.99. The predicted molar refractivity (Wildman–Crippen MR) is 208 cm³/mol. The van der Waals surface area contributed by atoms with Crippen molar-refractivity contribution in [3.05, 3.63) is 167 Å². The molecule has 5 aromatic heterocycles. The van der Waals surface area contributed by atoms with Crippen molar-refractivity contribution in [1.29, 1.82) is 0 Å². The van der Waals surface area contributed by atoms with Gasteiger partial charge >= 0.3 is 11.9 Å². The zero-order valence-corrected chi connectivity index (χ0v) is 29.4. The van der Waals surface area contributed by atoms with E-state index in [1.807, 2.05) is 73.8 Å². The van der Waals surface area contributed by atoms with Gasteiger partial charge in [0.15, 0.2) is 0 Å². The van der Waals surface area contributed by atoms with Gasteiger partial charge in [-0.25, -0.2) is 24.5 Å². The fourth-order valence-corrected chi connectivity index (χ4v) is 6.85. The van der Waals surface area contributed by atoms with Crippen molar-refractivity contribution in [3.63, 3.8) is 0 Å².